The van der Waals surface area contributed by atoms with Crippen LogP contribution in [-0.2, 0) is 4.79 Å². The van der Waals surface area contributed by atoms with Crippen molar-refractivity contribution in [1.29, 1.82) is 0 Å². The average Bonchev–Trinajstić information content (AvgIpc) is 2.92. The predicted molar refractivity (Wildman–Crippen MR) is 100 cm³/mol. The highest BCUT2D eigenvalue weighted by Gasteiger charge is 2.63. The average molecular weight is 415 g/mol. The quantitative estimate of drug-likeness (QED) is 0.640. The third kappa shape index (κ3) is 2.68. The Balaban J connectivity index is 1.59. The maximum absolute atomic E-state index is 16.2. The molecular formula is C21H32BrFO2. The highest BCUT2D eigenvalue weighted by Crippen LogP contribution is 2.66. The third-order valence-electron chi connectivity index (χ3n) is 8.83. The third-order valence-corrected chi connectivity index (χ3v) is 9.39. The molecule has 0 spiro atoms. The second-order valence-electron chi connectivity index (χ2n) is 10.1. The van der Waals surface area contributed by atoms with Crippen molar-refractivity contribution in [3.05, 3.63) is 0 Å². The van der Waals surface area contributed by atoms with E-state index in [9.17, 15) is 9.90 Å². The molecule has 4 heteroatoms. The fraction of sp³-hybridized carbons (Fsp3) is 0.952. The minimum Gasteiger partial charge on any atom is -0.390 e. The topological polar surface area (TPSA) is 37.3 Å². The van der Waals surface area contributed by atoms with Crippen LogP contribution in [0.25, 0.3) is 0 Å². The molecule has 0 amide bonds. The van der Waals surface area contributed by atoms with E-state index in [0.29, 0.717) is 42.2 Å². The van der Waals surface area contributed by atoms with Gasteiger partial charge >= 0.3 is 0 Å². The summed E-state index contributed by atoms with van der Waals surface area (Å²) in [6.07, 6.45) is 7.76. The molecule has 0 saturated heterocycles. The zero-order chi connectivity index (χ0) is 18.0. The Hall–Kier alpha value is 0.0400. The molecule has 0 bridgehead atoms. The number of hydrogen-bond donors (Lipinski definition) is 1. The van der Waals surface area contributed by atoms with Crippen LogP contribution in [0.1, 0.15) is 71.6 Å². The van der Waals surface area contributed by atoms with E-state index < -0.39 is 11.3 Å². The van der Waals surface area contributed by atoms with Crippen LogP contribution in [0.5, 0.6) is 0 Å². The normalized spacial score (nSPS) is 55.2. The molecule has 1 N–H and O–H groups in total. The van der Waals surface area contributed by atoms with Gasteiger partial charge in [0.05, 0.1) is 10.9 Å². The van der Waals surface area contributed by atoms with Crippen LogP contribution in [0.3, 0.4) is 0 Å². The van der Waals surface area contributed by atoms with Gasteiger partial charge < -0.3 is 5.11 Å². The van der Waals surface area contributed by atoms with E-state index in [1.165, 1.54) is 0 Å². The molecule has 0 aromatic carbocycles. The van der Waals surface area contributed by atoms with Crippen LogP contribution < -0.4 is 0 Å². The predicted octanol–water partition coefficient (Wildman–Crippen LogP) is 5.06. The van der Waals surface area contributed by atoms with E-state index in [-0.39, 0.29) is 23.2 Å². The smallest absolute Gasteiger partial charge is 0.147 e. The Morgan fingerprint density at radius 3 is 2.56 bits per heavy atom. The van der Waals surface area contributed by atoms with E-state index in [1.807, 2.05) is 6.92 Å². The molecule has 4 fully saturated rings. The van der Waals surface area contributed by atoms with Gasteiger partial charge in [0.1, 0.15) is 11.5 Å². The van der Waals surface area contributed by atoms with Crippen LogP contribution in [0, 0.1) is 35.0 Å². The summed E-state index contributed by atoms with van der Waals surface area (Å²) in [5.74, 6) is 1.65. The fourth-order valence-electron chi connectivity index (χ4n) is 7.60. The first kappa shape index (κ1) is 18.4. The van der Waals surface area contributed by atoms with Gasteiger partial charge in [0, 0.05) is 5.92 Å². The minimum absolute atomic E-state index is 0.0308. The lowest BCUT2D eigenvalue weighted by Crippen LogP contribution is -2.58. The van der Waals surface area contributed by atoms with E-state index in [0.717, 1.165) is 38.5 Å². The first-order valence-electron chi connectivity index (χ1n) is 10.2. The SMILES string of the molecule is C[C@@]1(O)CC[C@]2(F)C3CC[C@@]4(C)C(CC[C@@H]4C(=O)CBr)[C@@H]3CC[C@@H]2C1. The van der Waals surface area contributed by atoms with Crippen LogP contribution >= 0.6 is 15.9 Å². The van der Waals surface area contributed by atoms with E-state index in [2.05, 4.69) is 22.9 Å². The number of aliphatic hydroxyl groups is 1. The van der Waals surface area contributed by atoms with Crippen LogP contribution in [-0.4, -0.2) is 27.5 Å². The molecule has 4 rings (SSSR count). The highest BCUT2D eigenvalue weighted by atomic mass is 79.9. The van der Waals surface area contributed by atoms with Gasteiger partial charge in [0.25, 0.3) is 0 Å². The van der Waals surface area contributed by atoms with Gasteiger partial charge in [-0.15, -0.1) is 0 Å². The molecule has 0 aromatic rings. The maximum atomic E-state index is 16.2. The molecule has 4 aliphatic rings. The van der Waals surface area contributed by atoms with Gasteiger partial charge in [-0.05, 0) is 93.8 Å². The first-order chi connectivity index (χ1) is 11.7. The number of Topliss-reactive ketones (excluding diaryl/α,β-unsaturated/α-hetero) is 1. The molecular weight excluding hydrogens is 383 g/mol. The number of halogens is 2. The second-order valence-corrected chi connectivity index (χ2v) is 10.6. The summed E-state index contributed by atoms with van der Waals surface area (Å²) in [6, 6.07) is 0. The summed E-state index contributed by atoms with van der Waals surface area (Å²) >= 11 is 3.37. The number of ketones is 1. The molecule has 2 nitrogen and oxygen atoms in total. The van der Waals surface area contributed by atoms with Crippen LogP contribution in [0.15, 0.2) is 0 Å². The van der Waals surface area contributed by atoms with Crippen molar-refractivity contribution < 1.29 is 14.3 Å². The molecule has 25 heavy (non-hydrogen) atoms. The molecule has 4 saturated carbocycles. The summed E-state index contributed by atoms with van der Waals surface area (Å²) in [7, 11) is 0. The Morgan fingerprint density at radius 2 is 1.84 bits per heavy atom. The number of hydrogen-bond acceptors (Lipinski definition) is 2. The Bertz CT molecular complexity index is 564. The van der Waals surface area contributed by atoms with E-state index >= 15 is 4.39 Å². The summed E-state index contributed by atoms with van der Waals surface area (Å²) in [5.41, 5.74) is -1.68. The lowest BCUT2D eigenvalue weighted by atomic mass is 9.48. The molecule has 0 heterocycles. The Kier molecular flexibility index (Phi) is 4.43. The number of fused-ring (bicyclic) bond motifs is 5. The maximum Gasteiger partial charge on any atom is 0.147 e. The van der Waals surface area contributed by atoms with Crippen molar-refractivity contribution in [1.82, 2.24) is 0 Å². The van der Waals surface area contributed by atoms with Crippen molar-refractivity contribution >= 4 is 21.7 Å². The van der Waals surface area contributed by atoms with Crippen molar-refractivity contribution in [2.75, 3.05) is 5.33 Å². The zero-order valence-electron chi connectivity index (χ0n) is 15.6. The van der Waals surface area contributed by atoms with E-state index in [4.69, 9.17) is 0 Å². The second kappa shape index (κ2) is 6.02. The molecule has 0 radical (unpaired) electrons. The number of alkyl halides is 2. The van der Waals surface area contributed by atoms with Crippen molar-refractivity contribution in [3.8, 4) is 0 Å². The van der Waals surface area contributed by atoms with Crippen LogP contribution in [0.4, 0.5) is 4.39 Å². The summed E-state index contributed by atoms with van der Waals surface area (Å²) < 4.78 is 16.2. The van der Waals surface area contributed by atoms with Gasteiger partial charge in [-0.2, -0.15) is 0 Å². The molecule has 0 aromatic heterocycles. The largest absolute Gasteiger partial charge is 0.390 e. The summed E-state index contributed by atoms with van der Waals surface area (Å²) in [6.45, 7) is 4.19. The van der Waals surface area contributed by atoms with Gasteiger partial charge in [0.15, 0.2) is 0 Å². The molecule has 0 aliphatic heterocycles. The van der Waals surface area contributed by atoms with Gasteiger partial charge in [-0.25, -0.2) is 4.39 Å². The highest BCUT2D eigenvalue weighted by molar-refractivity contribution is 9.09. The Morgan fingerprint density at radius 1 is 1.08 bits per heavy atom. The minimum atomic E-state index is -1.08. The lowest BCUT2D eigenvalue weighted by Gasteiger charge is -2.59. The molecule has 2 unspecified atom stereocenters. The molecule has 8 atom stereocenters. The molecule has 4 aliphatic carbocycles. The number of carbonyl (C=O) groups excluding carboxylic acids is 1. The van der Waals surface area contributed by atoms with Gasteiger partial charge in [-0.1, -0.05) is 22.9 Å². The van der Waals surface area contributed by atoms with Crippen molar-refractivity contribution in [2.45, 2.75) is 82.9 Å². The number of rotatable bonds is 2. The lowest BCUT2D eigenvalue weighted by molar-refractivity contribution is -0.165. The first-order valence-corrected chi connectivity index (χ1v) is 11.3. The van der Waals surface area contributed by atoms with Crippen LogP contribution in [0.2, 0.25) is 0 Å². The Labute approximate surface area is 159 Å². The van der Waals surface area contributed by atoms with Gasteiger partial charge in [0.2, 0.25) is 0 Å². The standard InChI is InChI=1S/C21H32BrFO2/c1-19(25)9-10-21(23)13(11-19)3-4-14-15-5-6-17(18(24)12-22)20(15,2)8-7-16(14)21/h13-17,25H,3-12H2,1-2H3/t13-,14+,15?,16?,17-,19-,20+,21-/m1/s1. The molecule has 142 valence electrons. The van der Waals surface area contributed by atoms with Crippen molar-refractivity contribution in [3.63, 3.8) is 0 Å². The summed E-state index contributed by atoms with van der Waals surface area (Å²) in [4.78, 5) is 12.4. The van der Waals surface area contributed by atoms with Gasteiger partial charge in [-0.3, -0.25) is 4.79 Å². The fourth-order valence-corrected chi connectivity index (χ4v) is 7.99. The zero-order valence-corrected chi connectivity index (χ0v) is 17.2. The van der Waals surface area contributed by atoms with E-state index in [1.54, 1.807) is 0 Å². The van der Waals surface area contributed by atoms with Crippen molar-refractivity contribution in [2.24, 2.45) is 35.0 Å². The number of carbonyl (C=O) groups is 1. The summed E-state index contributed by atoms with van der Waals surface area (Å²) in [5, 5.41) is 10.9. The monoisotopic (exact) mass is 414 g/mol.